The van der Waals surface area contributed by atoms with E-state index < -0.39 is 0 Å². The molecule has 0 aliphatic carbocycles. The number of nitrogens with one attached hydrogen (secondary N) is 1. The molecule has 26 heavy (non-hydrogen) atoms. The first-order valence-corrected chi connectivity index (χ1v) is 9.62. The summed E-state index contributed by atoms with van der Waals surface area (Å²) < 4.78 is 6.08. The topological polar surface area (TPSA) is 64.3 Å². The van der Waals surface area contributed by atoms with Crippen molar-refractivity contribution < 1.29 is 9.53 Å². The zero-order valence-electron chi connectivity index (χ0n) is 18.0. The van der Waals surface area contributed by atoms with E-state index in [1.807, 2.05) is 0 Å². The van der Waals surface area contributed by atoms with Crippen molar-refractivity contribution in [2.75, 3.05) is 19.7 Å². The van der Waals surface area contributed by atoms with Gasteiger partial charge in [0.2, 0.25) is 0 Å². The number of amides is 1. The van der Waals surface area contributed by atoms with E-state index in [2.05, 4.69) is 72.8 Å². The van der Waals surface area contributed by atoms with E-state index in [1.54, 1.807) is 0 Å². The lowest BCUT2D eigenvalue weighted by Crippen LogP contribution is -2.33. The van der Waals surface area contributed by atoms with Gasteiger partial charge in [-0.15, -0.1) is 0 Å². The van der Waals surface area contributed by atoms with Crippen molar-refractivity contribution in [3.63, 3.8) is 0 Å². The molecule has 0 radical (unpaired) electrons. The van der Waals surface area contributed by atoms with Crippen LogP contribution in [0, 0.1) is 5.41 Å². The highest BCUT2D eigenvalue weighted by Gasteiger charge is 2.26. The zero-order valence-corrected chi connectivity index (χ0v) is 18.0. The summed E-state index contributed by atoms with van der Waals surface area (Å²) in [4.78, 5) is 12.0. The highest BCUT2D eigenvalue weighted by atomic mass is 16.5. The molecule has 0 unspecified atom stereocenters. The van der Waals surface area contributed by atoms with Crippen molar-refractivity contribution >= 4 is 5.91 Å². The Morgan fingerprint density at radius 2 is 1.77 bits per heavy atom. The first-order valence-electron chi connectivity index (χ1n) is 9.62. The Morgan fingerprint density at radius 1 is 1.15 bits per heavy atom. The van der Waals surface area contributed by atoms with Gasteiger partial charge < -0.3 is 15.8 Å². The van der Waals surface area contributed by atoms with Crippen molar-refractivity contribution in [1.82, 2.24) is 5.32 Å². The lowest BCUT2D eigenvalue weighted by Gasteiger charge is -2.29. The van der Waals surface area contributed by atoms with Crippen LogP contribution < -0.4 is 15.8 Å². The van der Waals surface area contributed by atoms with Crippen molar-refractivity contribution in [3.8, 4) is 5.75 Å². The van der Waals surface area contributed by atoms with Crippen LogP contribution in [0.5, 0.6) is 5.75 Å². The van der Waals surface area contributed by atoms with Gasteiger partial charge in [0.15, 0.2) is 6.61 Å². The number of hydrogen-bond donors (Lipinski definition) is 2. The summed E-state index contributed by atoms with van der Waals surface area (Å²) in [5.41, 5.74) is 9.17. The summed E-state index contributed by atoms with van der Waals surface area (Å²) >= 11 is 0. The SMILES string of the molecule is CC(C)c1cc(CC(C)(C)C)c(OCC(=O)NCCN)c(C(C)(C)C)c1. The predicted octanol–water partition coefficient (Wildman–Crippen LogP) is 4.15. The maximum Gasteiger partial charge on any atom is 0.257 e. The summed E-state index contributed by atoms with van der Waals surface area (Å²) in [6.07, 6.45) is 0.899. The number of benzene rings is 1. The smallest absolute Gasteiger partial charge is 0.257 e. The third-order valence-corrected chi connectivity index (χ3v) is 4.20. The molecular formula is C22H38N2O2. The van der Waals surface area contributed by atoms with Gasteiger partial charge in [-0.05, 0) is 34.3 Å². The van der Waals surface area contributed by atoms with E-state index in [9.17, 15) is 4.79 Å². The summed E-state index contributed by atoms with van der Waals surface area (Å²) in [5.74, 6) is 1.17. The largest absolute Gasteiger partial charge is 0.483 e. The minimum Gasteiger partial charge on any atom is -0.483 e. The van der Waals surface area contributed by atoms with E-state index in [1.165, 1.54) is 11.1 Å². The second-order valence-corrected chi connectivity index (χ2v) is 9.63. The Morgan fingerprint density at radius 3 is 2.23 bits per heavy atom. The molecule has 0 saturated heterocycles. The molecule has 1 aromatic rings. The molecule has 0 heterocycles. The monoisotopic (exact) mass is 362 g/mol. The van der Waals surface area contributed by atoms with Crippen LogP contribution in [0.4, 0.5) is 0 Å². The van der Waals surface area contributed by atoms with Crippen molar-refractivity contribution in [2.24, 2.45) is 11.1 Å². The van der Waals surface area contributed by atoms with Crippen LogP contribution in [-0.4, -0.2) is 25.6 Å². The Bertz CT molecular complexity index is 608. The predicted molar refractivity (Wildman–Crippen MR) is 110 cm³/mol. The first-order chi connectivity index (χ1) is 11.8. The molecule has 1 aromatic carbocycles. The number of hydrogen-bond acceptors (Lipinski definition) is 3. The molecular weight excluding hydrogens is 324 g/mol. The lowest BCUT2D eigenvalue weighted by atomic mass is 9.79. The van der Waals surface area contributed by atoms with E-state index in [4.69, 9.17) is 10.5 Å². The fraction of sp³-hybridized carbons (Fsp3) is 0.682. The lowest BCUT2D eigenvalue weighted by molar-refractivity contribution is -0.123. The fourth-order valence-corrected chi connectivity index (χ4v) is 2.88. The van der Waals surface area contributed by atoms with Crippen LogP contribution in [-0.2, 0) is 16.6 Å². The molecule has 4 nitrogen and oxygen atoms in total. The van der Waals surface area contributed by atoms with E-state index in [0.717, 1.165) is 17.7 Å². The highest BCUT2D eigenvalue weighted by molar-refractivity contribution is 5.77. The number of carbonyl (C=O) groups is 1. The molecule has 3 N–H and O–H groups in total. The first kappa shape index (κ1) is 22.5. The molecule has 0 saturated carbocycles. The Labute approximate surface area is 159 Å². The fourth-order valence-electron chi connectivity index (χ4n) is 2.88. The van der Waals surface area contributed by atoms with Gasteiger partial charge in [-0.3, -0.25) is 4.79 Å². The molecule has 0 spiro atoms. The zero-order chi connectivity index (χ0) is 20.1. The van der Waals surface area contributed by atoms with Gasteiger partial charge in [0.05, 0.1) is 0 Å². The van der Waals surface area contributed by atoms with E-state index in [0.29, 0.717) is 19.0 Å². The van der Waals surface area contributed by atoms with Crippen LogP contribution in [0.15, 0.2) is 12.1 Å². The number of ether oxygens (including phenoxy) is 1. The standard InChI is InChI=1S/C22H38N2O2/c1-15(2)16-11-17(13-21(3,4)5)20(18(12-16)22(6,7)8)26-14-19(25)24-10-9-23/h11-12,15H,9-10,13-14,23H2,1-8H3,(H,24,25). The summed E-state index contributed by atoms with van der Waals surface area (Å²) in [7, 11) is 0. The Hall–Kier alpha value is -1.55. The molecule has 1 amide bonds. The van der Waals surface area contributed by atoms with Crippen molar-refractivity contribution in [1.29, 1.82) is 0 Å². The Kier molecular flexibility index (Phi) is 7.70. The average Bonchev–Trinajstić information content (AvgIpc) is 2.48. The summed E-state index contributed by atoms with van der Waals surface area (Å²) in [6, 6.07) is 4.49. The molecule has 0 fully saturated rings. The van der Waals surface area contributed by atoms with Gasteiger partial charge in [-0.2, -0.15) is 0 Å². The summed E-state index contributed by atoms with van der Waals surface area (Å²) in [6.45, 7) is 18.6. The Balaban J connectivity index is 3.34. The van der Waals surface area contributed by atoms with Crippen LogP contribution in [0.3, 0.4) is 0 Å². The van der Waals surface area contributed by atoms with E-state index >= 15 is 0 Å². The number of carbonyl (C=O) groups excluding carboxylic acids is 1. The van der Waals surface area contributed by atoms with Gasteiger partial charge in [0, 0.05) is 18.7 Å². The van der Waals surface area contributed by atoms with Gasteiger partial charge in [0.1, 0.15) is 5.75 Å². The normalized spacial score (nSPS) is 12.4. The van der Waals surface area contributed by atoms with E-state index in [-0.39, 0.29) is 23.3 Å². The average molecular weight is 363 g/mol. The molecule has 0 atom stereocenters. The van der Waals surface area contributed by atoms with Gasteiger partial charge >= 0.3 is 0 Å². The van der Waals surface area contributed by atoms with Crippen LogP contribution in [0.1, 0.15) is 78.0 Å². The van der Waals surface area contributed by atoms with Crippen molar-refractivity contribution in [2.45, 2.75) is 73.1 Å². The second kappa shape index (κ2) is 8.90. The van der Waals surface area contributed by atoms with Crippen LogP contribution in [0.2, 0.25) is 0 Å². The van der Waals surface area contributed by atoms with Crippen LogP contribution >= 0.6 is 0 Å². The molecule has 0 bridgehead atoms. The van der Waals surface area contributed by atoms with Crippen molar-refractivity contribution in [3.05, 3.63) is 28.8 Å². The maximum absolute atomic E-state index is 12.0. The number of nitrogens with two attached hydrogens (primary N) is 1. The maximum atomic E-state index is 12.0. The molecule has 0 aliphatic heterocycles. The minimum absolute atomic E-state index is 0.0151. The third kappa shape index (κ3) is 6.99. The van der Waals surface area contributed by atoms with Gasteiger partial charge in [-0.25, -0.2) is 0 Å². The highest BCUT2D eigenvalue weighted by Crippen LogP contribution is 2.39. The minimum atomic E-state index is -0.134. The third-order valence-electron chi connectivity index (χ3n) is 4.20. The molecule has 148 valence electrons. The number of rotatable bonds is 7. The molecule has 0 aliphatic rings. The molecule has 4 heteroatoms. The quantitative estimate of drug-likeness (QED) is 0.766. The van der Waals surface area contributed by atoms with Gasteiger partial charge in [0.25, 0.3) is 5.91 Å². The second-order valence-electron chi connectivity index (χ2n) is 9.63. The molecule has 0 aromatic heterocycles. The summed E-state index contributed by atoms with van der Waals surface area (Å²) in [5, 5.41) is 2.77. The molecule has 1 rings (SSSR count). The van der Waals surface area contributed by atoms with Gasteiger partial charge in [-0.1, -0.05) is 67.5 Å². The van der Waals surface area contributed by atoms with Crippen LogP contribution in [0.25, 0.3) is 0 Å².